The van der Waals surface area contributed by atoms with Crippen molar-refractivity contribution in [3.05, 3.63) is 40.7 Å². The molecule has 0 saturated carbocycles. The summed E-state index contributed by atoms with van der Waals surface area (Å²) >= 11 is 6.06. The Morgan fingerprint density at radius 2 is 2.38 bits per heavy atom. The minimum Gasteiger partial charge on any atom is -0.337 e. The van der Waals surface area contributed by atoms with Crippen molar-refractivity contribution in [2.45, 2.75) is 25.7 Å². The molecule has 1 saturated heterocycles. The molecule has 1 aliphatic heterocycles. The van der Waals surface area contributed by atoms with Gasteiger partial charge < -0.3 is 4.90 Å². The standard InChI is InChI=1S/C14H16ClN5O/c1-9-16-7-11(15)13(18-9)14(21)20-6-2-3-10(8-20)12-4-5-17-19-12/h4-5,7,10H,2-3,6,8H2,1H3,(H,17,19)/t10-/m0/s1. The number of H-pyrrole nitrogens is 1. The second-order valence-electron chi connectivity index (χ2n) is 5.22. The molecule has 3 rings (SSSR count). The number of hydrogen-bond acceptors (Lipinski definition) is 4. The number of aryl methyl sites for hydroxylation is 1. The molecule has 110 valence electrons. The van der Waals surface area contributed by atoms with Crippen LogP contribution in [0.25, 0.3) is 0 Å². The summed E-state index contributed by atoms with van der Waals surface area (Å²) in [7, 11) is 0. The highest BCUT2D eigenvalue weighted by Crippen LogP contribution is 2.27. The van der Waals surface area contributed by atoms with Gasteiger partial charge in [0, 0.05) is 30.9 Å². The lowest BCUT2D eigenvalue weighted by Crippen LogP contribution is -2.39. The molecule has 21 heavy (non-hydrogen) atoms. The van der Waals surface area contributed by atoms with Crippen LogP contribution in [0, 0.1) is 6.92 Å². The Bertz CT molecular complexity index is 643. The molecule has 0 radical (unpaired) electrons. The van der Waals surface area contributed by atoms with Crippen molar-refractivity contribution in [1.29, 1.82) is 0 Å². The van der Waals surface area contributed by atoms with E-state index < -0.39 is 0 Å². The first-order valence-corrected chi connectivity index (χ1v) is 7.30. The number of nitrogens with zero attached hydrogens (tertiary/aromatic N) is 4. The molecule has 0 aliphatic carbocycles. The fraction of sp³-hybridized carbons (Fsp3) is 0.429. The first kappa shape index (κ1) is 14.0. The van der Waals surface area contributed by atoms with E-state index in [-0.39, 0.29) is 17.5 Å². The van der Waals surface area contributed by atoms with Gasteiger partial charge >= 0.3 is 0 Å². The number of carbonyl (C=O) groups excluding carboxylic acids is 1. The van der Waals surface area contributed by atoms with E-state index in [9.17, 15) is 4.79 Å². The minimum absolute atomic E-state index is 0.130. The van der Waals surface area contributed by atoms with Crippen molar-refractivity contribution in [2.24, 2.45) is 0 Å². The fourth-order valence-electron chi connectivity index (χ4n) is 2.66. The number of nitrogens with one attached hydrogen (secondary N) is 1. The van der Waals surface area contributed by atoms with E-state index in [1.165, 1.54) is 6.20 Å². The zero-order valence-corrected chi connectivity index (χ0v) is 12.5. The molecular weight excluding hydrogens is 290 g/mol. The van der Waals surface area contributed by atoms with E-state index in [0.717, 1.165) is 25.1 Å². The van der Waals surface area contributed by atoms with E-state index in [2.05, 4.69) is 20.2 Å². The molecule has 1 aliphatic rings. The Morgan fingerprint density at radius 1 is 1.52 bits per heavy atom. The summed E-state index contributed by atoms with van der Waals surface area (Å²) in [6.45, 7) is 3.12. The molecule has 2 aromatic heterocycles. The maximum absolute atomic E-state index is 12.6. The van der Waals surface area contributed by atoms with Gasteiger partial charge in [-0.3, -0.25) is 9.89 Å². The number of likely N-dealkylation sites (tertiary alicyclic amines) is 1. The zero-order valence-electron chi connectivity index (χ0n) is 11.7. The molecule has 0 unspecified atom stereocenters. The van der Waals surface area contributed by atoms with Crippen molar-refractivity contribution < 1.29 is 4.79 Å². The van der Waals surface area contributed by atoms with Gasteiger partial charge in [-0.2, -0.15) is 5.10 Å². The Kier molecular flexibility index (Phi) is 3.88. The normalized spacial score (nSPS) is 18.8. The lowest BCUT2D eigenvalue weighted by molar-refractivity contribution is 0.0699. The van der Waals surface area contributed by atoms with Crippen molar-refractivity contribution in [2.75, 3.05) is 13.1 Å². The zero-order chi connectivity index (χ0) is 14.8. The van der Waals surface area contributed by atoms with Crippen LogP contribution in [0.5, 0.6) is 0 Å². The lowest BCUT2D eigenvalue weighted by Gasteiger charge is -2.32. The molecule has 0 aromatic carbocycles. The van der Waals surface area contributed by atoms with E-state index in [4.69, 9.17) is 11.6 Å². The van der Waals surface area contributed by atoms with Crippen LogP contribution in [0.1, 0.15) is 40.8 Å². The van der Waals surface area contributed by atoms with Gasteiger partial charge in [-0.05, 0) is 25.8 Å². The Hall–Kier alpha value is -1.95. The summed E-state index contributed by atoms with van der Waals surface area (Å²) in [5.41, 5.74) is 1.35. The second-order valence-corrected chi connectivity index (χ2v) is 5.62. The third-order valence-corrected chi connectivity index (χ3v) is 4.01. The molecule has 6 nitrogen and oxygen atoms in total. The number of aromatic amines is 1. The summed E-state index contributed by atoms with van der Waals surface area (Å²) in [4.78, 5) is 22.6. The number of piperidine rings is 1. The highest BCUT2D eigenvalue weighted by atomic mass is 35.5. The summed E-state index contributed by atoms with van der Waals surface area (Å²) in [5.74, 6) is 0.700. The maximum atomic E-state index is 12.6. The van der Waals surface area contributed by atoms with E-state index >= 15 is 0 Å². The number of amides is 1. The number of halogens is 1. The first-order chi connectivity index (χ1) is 10.1. The predicted molar refractivity (Wildman–Crippen MR) is 78.2 cm³/mol. The molecule has 7 heteroatoms. The van der Waals surface area contributed by atoms with Crippen molar-refractivity contribution in [1.82, 2.24) is 25.1 Å². The molecular formula is C14H16ClN5O. The lowest BCUT2D eigenvalue weighted by atomic mass is 9.95. The van der Waals surface area contributed by atoms with Gasteiger partial charge in [0.25, 0.3) is 5.91 Å². The molecule has 1 atom stereocenters. The first-order valence-electron chi connectivity index (χ1n) is 6.93. The fourth-order valence-corrected chi connectivity index (χ4v) is 2.84. The van der Waals surface area contributed by atoms with Crippen LogP contribution in [0.3, 0.4) is 0 Å². The number of hydrogen-bond donors (Lipinski definition) is 1. The maximum Gasteiger partial charge on any atom is 0.274 e. The second kappa shape index (κ2) is 5.81. The largest absolute Gasteiger partial charge is 0.337 e. The van der Waals surface area contributed by atoms with Gasteiger partial charge in [0.05, 0.1) is 11.2 Å². The summed E-state index contributed by atoms with van der Waals surface area (Å²) in [6.07, 6.45) is 5.22. The van der Waals surface area contributed by atoms with Crippen molar-refractivity contribution in [3.8, 4) is 0 Å². The smallest absolute Gasteiger partial charge is 0.274 e. The van der Waals surface area contributed by atoms with Crippen LogP contribution >= 0.6 is 11.6 Å². The molecule has 0 spiro atoms. The number of carbonyl (C=O) groups is 1. The number of aromatic nitrogens is 4. The molecule has 1 N–H and O–H groups in total. The average Bonchev–Trinajstić information content (AvgIpc) is 3.03. The van der Waals surface area contributed by atoms with Crippen LogP contribution in [-0.4, -0.2) is 44.1 Å². The summed E-state index contributed by atoms with van der Waals surface area (Å²) in [6, 6.07) is 1.96. The molecule has 1 fully saturated rings. The SMILES string of the molecule is Cc1ncc(Cl)c(C(=O)N2CCC[C@H](c3ccn[nH]3)C2)n1. The molecule has 1 amide bonds. The van der Waals surface area contributed by atoms with E-state index in [1.54, 1.807) is 13.1 Å². The van der Waals surface area contributed by atoms with Gasteiger partial charge in [0.2, 0.25) is 0 Å². The quantitative estimate of drug-likeness (QED) is 0.923. The van der Waals surface area contributed by atoms with Crippen molar-refractivity contribution in [3.63, 3.8) is 0 Å². The van der Waals surface area contributed by atoms with Gasteiger partial charge in [-0.25, -0.2) is 9.97 Å². The highest BCUT2D eigenvalue weighted by molar-refractivity contribution is 6.33. The predicted octanol–water partition coefficient (Wildman–Crippen LogP) is 2.18. The van der Waals surface area contributed by atoms with Gasteiger partial charge in [0.1, 0.15) is 5.82 Å². The molecule has 0 bridgehead atoms. The Morgan fingerprint density at radius 3 is 3.14 bits per heavy atom. The van der Waals surface area contributed by atoms with Crippen LogP contribution in [0.15, 0.2) is 18.5 Å². The van der Waals surface area contributed by atoms with Gasteiger partial charge in [0.15, 0.2) is 5.69 Å². The Balaban J connectivity index is 1.79. The summed E-state index contributed by atoms with van der Waals surface area (Å²) in [5, 5.41) is 7.27. The van der Waals surface area contributed by atoms with Crippen LogP contribution < -0.4 is 0 Å². The van der Waals surface area contributed by atoms with Crippen LogP contribution in [-0.2, 0) is 0 Å². The van der Waals surface area contributed by atoms with Crippen molar-refractivity contribution >= 4 is 17.5 Å². The highest BCUT2D eigenvalue weighted by Gasteiger charge is 2.28. The van der Waals surface area contributed by atoms with Crippen LogP contribution in [0.2, 0.25) is 5.02 Å². The third-order valence-electron chi connectivity index (χ3n) is 3.74. The van der Waals surface area contributed by atoms with E-state index in [0.29, 0.717) is 17.4 Å². The van der Waals surface area contributed by atoms with E-state index in [1.807, 2.05) is 11.0 Å². The van der Waals surface area contributed by atoms with Gasteiger partial charge in [-0.15, -0.1) is 0 Å². The average molecular weight is 306 g/mol. The summed E-state index contributed by atoms with van der Waals surface area (Å²) < 4.78 is 0. The number of rotatable bonds is 2. The van der Waals surface area contributed by atoms with Crippen LogP contribution in [0.4, 0.5) is 0 Å². The topological polar surface area (TPSA) is 74.8 Å². The Labute approximate surface area is 127 Å². The monoisotopic (exact) mass is 305 g/mol. The minimum atomic E-state index is -0.130. The van der Waals surface area contributed by atoms with Gasteiger partial charge in [-0.1, -0.05) is 11.6 Å². The molecule has 3 heterocycles. The third kappa shape index (κ3) is 2.90. The molecule has 2 aromatic rings.